The van der Waals surface area contributed by atoms with Crippen molar-refractivity contribution in [3.8, 4) is 0 Å². The Kier molecular flexibility index (Phi) is 6.28. The second-order valence-corrected chi connectivity index (χ2v) is 9.08. The molecule has 6 nitrogen and oxygen atoms in total. The van der Waals surface area contributed by atoms with E-state index in [1.54, 1.807) is 19.0 Å². The van der Waals surface area contributed by atoms with Crippen LogP contribution >= 0.6 is 0 Å². The smallest absolute Gasteiger partial charge is 0.333 e. The number of nitrogens with one attached hydrogen (secondary N) is 1. The van der Waals surface area contributed by atoms with E-state index < -0.39 is 6.04 Å². The fourth-order valence-electron chi connectivity index (χ4n) is 4.85. The molecule has 0 radical (unpaired) electrons. The Morgan fingerprint density at radius 2 is 1.65 bits per heavy atom. The lowest BCUT2D eigenvalue weighted by Gasteiger charge is -2.51. The number of hydrogen-bond donors (Lipinski definition) is 1. The number of amides is 1. The van der Waals surface area contributed by atoms with Crippen LogP contribution in [0.4, 0.5) is 5.69 Å². The van der Waals surface area contributed by atoms with Gasteiger partial charge in [-0.15, -0.1) is 0 Å². The second kappa shape index (κ2) is 9.10. The fourth-order valence-corrected chi connectivity index (χ4v) is 4.85. The highest BCUT2D eigenvalue weighted by Gasteiger charge is 2.49. The van der Waals surface area contributed by atoms with Gasteiger partial charge in [-0.2, -0.15) is 0 Å². The Morgan fingerprint density at radius 3 is 2.26 bits per heavy atom. The molecule has 1 amide bonds. The van der Waals surface area contributed by atoms with Gasteiger partial charge in [0.25, 0.3) is 5.91 Å². The second-order valence-electron chi connectivity index (χ2n) is 9.08. The van der Waals surface area contributed by atoms with Crippen molar-refractivity contribution in [2.24, 2.45) is 5.92 Å². The summed E-state index contributed by atoms with van der Waals surface area (Å²) >= 11 is 0. The minimum absolute atomic E-state index is 0.137. The van der Waals surface area contributed by atoms with Gasteiger partial charge in [0.15, 0.2) is 18.7 Å². The molecule has 0 aliphatic carbocycles. The van der Waals surface area contributed by atoms with E-state index >= 15 is 0 Å². The maximum absolute atomic E-state index is 13.4. The van der Waals surface area contributed by atoms with E-state index in [0.717, 1.165) is 48.2 Å². The zero-order chi connectivity index (χ0) is 21.8. The van der Waals surface area contributed by atoms with Crippen molar-refractivity contribution in [3.05, 3.63) is 66.2 Å². The molecule has 2 bridgehead atoms. The van der Waals surface area contributed by atoms with Crippen molar-refractivity contribution in [2.75, 3.05) is 45.6 Å². The van der Waals surface area contributed by atoms with Crippen molar-refractivity contribution in [1.82, 2.24) is 4.90 Å². The van der Waals surface area contributed by atoms with Crippen LogP contribution in [0.3, 0.4) is 0 Å². The molecule has 3 aliphatic heterocycles. The van der Waals surface area contributed by atoms with Gasteiger partial charge in [0.05, 0.1) is 13.1 Å². The molecular weight excluding hydrogens is 390 g/mol. The van der Waals surface area contributed by atoms with E-state index in [1.807, 2.05) is 60.7 Å². The van der Waals surface area contributed by atoms with Gasteiger partial charge in [-0.05, 0) is 17.7 Å². The highest BCUT2D eigenvalue weighted by atomic mass is 16.5. The lowest BCUT2D eigenvalue weighted by molar-refractivity contribution is -0.939. The summed E-state index contributed by atoms with van der Waals surface area (Å²) in [6, 6.07) is 18.9. The first-order valence-corrected chi connectivity index (χ1v) is 11.1. The molecule has 1 N–H and O–H groups in total. The number of nitrogens with zero attached hydrogens (tertiary/aromatic N) is 2. The molecule has 0 aromatic heterocycles. The molecular formula is C25H32N3O3+. The Bertz CT molecular complexity index is 893. The largest absolute Gasteiger partial charge is 0.454 e. The third kappa shape index (κ3) is 4.90. The fraction of sp³-hybridized carbons (Fsp3) is 0.440. The zero-order valence-electron chi connectivity index (χ0n) is 18.4. The van der Waals surface area contributed by atoms with Crippen LogP contribution in [0.25, 0.3) is 0 Å². The highest BCUT2D eigenvalue weighted by molar-refractivity contribution is 5.81. The monoisotopic (exact) mass is 422 g/mol. The van der Waals surface area contributed by atoms with Crippen molar-refractivity contribution in [1.29, 1.82) is 0 Å². The Labute approximate surface area is 184 Å². The number of ether oxygens (including phenoxy) is 1. The van der Waals surface area contributed by atoms with E-state index in [2.05, 4.69) is 5.32 Å². The third-order valence-electron chi connectivity index (χ3n) is 6.73. The van der Waals surface area contributed by atoms with Gasteiger partial charge < -0.3 is 19.4 Å². The molecule has 2 aromatic rings. The van der Waals surface area contributed by atoms with Crippen molar-refractivity contribution >= 4 is 17.6 Å². The number of esters is 1. The van der Waals surface area contributed by atoms with Crippen LogP contribution in [0.15, 0.2) is 60.7 Å². The summed E-state index contributed by atoms with van der Waals surface area (Å²) in [6.45, 7) is 3.19. The van der Waals surface area contributed by atoms with Crippen molar-refractivity contribution < 1.29 is 18.8 Å². The van der Waals surface area contributed by atoms with E-state index in [4.69, 9.17) is 4.74 Å². The van der Waals surface area contributed by atoms with Crippen molar-refractivity contribution in [2.45, 2.75) is 25.0 Å². The number of benzene rings is 2. The Morgan fingerprint density at radius 1 is 1.03 bits per heavy atom. The SMILES string of the molecule is CN(C)C(=O)C[N+]12CCC(CC1)[C@@H](OC(=O)[C@H](Nc1ccccc1)c1ccccc1)C2. The third-order valence-corrected chi connectivity index (χ3v) is 6.73. The van der Waals surface area contributed by atoms with Crippen LogP contribution in [0.2, 0.25) is 0 Å². The van der Waals surface area contributed by atoms with Crippen LogP contribution in [-0.4, -0.2) is 67.6 Å². The standard InChI is InChI=1S/C25H32N3O3/c1-27(2)23(29)18-28-15-13-19(14-16-28)22(17-28)31-25(30)24(20-9-5-3-6-10-20)26-21-11-7-4-8-12-21/h3-12,19,22,24,26H,13-18H2,1-2H3/q+1/t19?,22-,24+,28?/m0/s1. The zero-order valence-corrected chi connectivity index (χ0v) is 18.4. The van der Waals surface area contributed by atoms with Gasteiger partial charge >= 0.3 is 5.97 Å². The highest BCUT2D eigenvalue weighted by Crippen LogP contribution is 2.36. The summed E-state index contributed by atoms with van der Waals surface area (Å²) in [5.41, 5.74) is 1.76. The van der Waals surface area contributed by atoms with Gasteiger partial charge in [-0.3, -0.25) is 4.79 Å². The summed E-state index contributed by atoms with van der Waals surface area (Å²) in [5, 5.41) is 3.34. The van der Waals surface area contributed by atoms with Gasteiger partial charge in [0.1, 0.15) is 6.54 Å². The van der Waals surface area contributed by atoms with E-state index in [-0.39, 0.29) is 18.0 Å². The topological polar surface area (TPSA) is 58.6 Å². The molecule has 3 aliphatic rings. The number of piperidine rings is 3. The molecule has 6 heteroatoms. The number of likely N-dealkylation sites (N-methyl/N-ethyl adjacent to an activating group) is 1. The van der Waals surface area contributed by atoms with E-state index in [1.165, 1.54) is 0 Å². The summed E-state index contributed by atoms with van der Waals surface area (Å²) in [7, 11) is 3.60. The molecule has 3 fully saturated rings. The Balaban J connectivity index is 1.50. The maximum atomic E-state index is 13.4. The number of para-hydroxylation sites is 1. The number of carbonyl (C=O) groups is 2. The number of carbonyl (C=O) groups excluding carboxylic acids is 2. The molecule has 164 valence electrons. The average molecular weight is 423 g/mol. The lowest BCUT2D eigenvalue weighted by atomic mass is 9.83. The van der Waals surface area contributed by atoms with Crippen LogP contribution < -0.4 is 5.32 Å². The lowest BCUT2D eigenvalue weighted by Crippen LogP contribution is -2.66. The van der Waals surface area contributed by atoms with Gasteiger partial charge in [0.2, 0.25) is 0 Å². The minimum Gasteiger partial charge on any atom is -0.454 e. The van der Waals surface area contributed by atoms with Crippen molar-refractivity contribution in [3.63, 3.8) is 0 Å². The molecule has 0 unspecified atom stereocenters. The molecule has 3 saturated heterocycles. The molecule has 0 spiro atoms. The maximum Gasteiger partial charge on any atom is 0.333 e. The average Bonchev–Trinajstić information content (AvgIpc) is 2.79. The first-order chi connectivity index (χ1) is 15.0. The summed E-state index contributed by atoms with van der Waals surface area (Å²) < 4.78 is 6.87. The van der Waals surface area contributed by atoms with Crippen LogP contribution in [0.1, 0.15) is 24.4 Å². The number of fused-ring (bicyclic) bond motifs is 3. The molecule has 31 heavy (non-hydrogen) atoms. The van der Waals surface area contributed by atoms with Gasteiger partial charge in [0, 0.05) is 38.5 Å². The van der Waals surface area contributed by atoms with Crippen LogP contribution in [-0.2, 0) is 14.3 Å². The van der Waals surface area contributed by atoms with Gasteiger partial charge in [-0.25, -0.2) is 4.79 Å². The van der Waals surface area contributed by atoms with E-state index in [0.29, 0.717) is 12.5 Å². The summed E-state index contributed by atoms with van der Waals surface area (Å²) in [5.74, 6) is 0.260. The van der Waals surface area contributed by atoms with Gasteiger partial charge in [-0.1, -0.05) is 48.5 Å². The van der Waals surface area contributed by atoms with Crippen LogP contribution in [0.5, 0.6) is 0 Å². The first-order valence-electron chi connectivity index (χ1n) is 11.1. The molecule has 2 aromatic carbocycles. The minimum atomic E-state index is -0.573. The first kappa shape index (κ1) is 21.4. The predicted octanol–water partition coefficient (Wildman–Crippen LogP) is 3.08. The Hall–Kier alpha value is -2.86. The van der Waals surface area contributed by atoms with Crippen LogP contribution in [0, 0.1) is 5.92 Å². The number of rotatable bonds is 7. The number of quaternary nitrogens is 1. The molecule has 5 rings (SSSR count). The summed E-state index contributed by atoms with van der Waals surface area (Å²) in [6.07, 6.45) is 1.86. The number of anilines is 1. The molecule has 0 saturated carbocycles. The predicted molar refractivity (Wildman–Crippen MR) is 120 cm³/mol. The molecule has 3 heterocycles. The quantitative estimate of drug-likeness (QED) is 0.550. The van der Waals surface area contributed by atoms with E-state index in [9.17, 15) is 9.59 Å². The summed E-state index contributed by atoms with van der Waals surface area (Å²) in [4.78, 5) is 27.4. The normalized spacial score (nSPS) is 25.5. The number of hydrogen-bond acceptors (Lipinski definition) is 4. The molecule has 2 atom stereocenters.